The van der Waals surface area contributed by atoms with Crippen LogP contribution in [-0.2, 0) is 10.0 Å². The molecule has 1 aliphatic carbocycles. The zero-order valence-electron chi connectivity index (χ0n) is 11.4. The topological polar surface area (TPSA) is 75.4 Å². The summed E-state index contributed by atoms with van der Waals surface area (Å²) in [7, 11) is -1.41. The highest BCUT2D eigenvalue weighted by molar-refractivity contribution is 7.89. The maximum atomic E-state index is 12.2. The van der Waals surface area contributed by atoms with Crippen molar-refractivity contribution in [3.05, 3.63) is 23.8 Å². The summed E-state index contributed by atoms with van der Waals surface area (Å²) >= 11 is 0. The molecule has 6 heteroatoms. The molecule has 0 spiro atoms. The van der Waals surface area contributed by atoms with Gasteiger partial charge >= 0.3 is 0 Å². The van der Waals surface area contributed by atoms with Crippen molar-refractivity contribution in [1.82, 2.24) is 9.62 Å². The molecule has 0 radical (unpaired) electrons. The molecule has 0 aromatic heterocycles. The SMILES string of the molecule is Cc1cc(N)ccc1S(=O)(=O)NCCN(C)C1CC1. The second kappa shape index (κ2) is 5.48. The lowest BCUT2D eigenvalue weighted by atomic mass is 10.2. The molecule has 0 unspecified atom stereocenters. The van der Waals surface area contributed by atoms with E-state index in [4.69, 9.17) is 5.73 Å². The highest BCUT2D eigenvalue weighted by Crippen LogP contribution is 2.24. The minimum absolute atomic E-state index is 0.302. The minimum Gasteiger partial charge on any atom is -0.399 e. The van der Waals surface area contributed by atoms with Crippen LogP contribution in [0.3, 0.4) is 0 Å². The van der Waals surface area contributed by atoms with Gasteiger partial charge in [-0.15, -0.1) is 0 Å². The van der Waals surface area contributed by atoms with Crippen LogP contribution in [0.1, 0.15) is 18.4 Å². The summed E-state index contributed by atoms with van der Waals surface area (Å²) in [5.74, 6) is 0. The zero-order valence-corrected chi connectivity index (χ0v) is 12.2. The summed E-state index contributed by atoms with van der Waals surface area (Å²) in [4.78, 5) is 2.49. The Labute approximate surface area is 114 Å². The Morgan fingerprint density at radius 1 is 1.42 bits per heavy atom. The van der Waals surface area contributed by atoms with Crippen molar-refractivity contribution in [3.8, 4) is 0 Å². The fourth-order valence-corrected chi connectivity index (χ4v) is 3.35. The number of aryl methyl sites for hydroxylation is 1. The molecule has 1 aliphatic rings. The average Bonchev–Trinajstić information content (AvgIpc) is 3.11. The molecule has 5 nitrogen and oxygen atoms in total. The predicted octanol–water partition coefficient (Wildman–Crippen LogP) is 0.950. The van der Waals surface area contributed by atoms with Gasteiger partial charge in [0, 0.05) is 24.8 Å². The zero-order chi connectivity index (χ0) is 14.0. The lowest BCUT2D eigenvalue weighted by molar-refractivity contribution is 0.329. The lowest BCUT2D eigenvalue weighted by Gasteiger charge is -2.16. The van der Waals surface area contributed by atoms with Gasteiger partial charge < -0.3 is 10.6 Å². The summed E-state index contributed by atoms with van der Waals surface area (Å²) < 4.78 is 27.0. The fourth-order valence-electron chi connectivity index (χ4n) is 2.11. The molecule has 1 aromatic rings. The van der Waals surface area contributed by atoms with E-state index in [2.05, 4.69) is 9.62 Å². The highest BCUT2D eigenvalue weighted by Gasteiger charge is 2.26. The molecule has 19 heavy (non-hydrogen) atoms. The molecule has 1 aromatic carbocycles. The van der Waals surface area contributed by atoms with Crippen molar-refractivity contribution in [2.45, 2.75) is 30.7 Å². The van der Waals surface area contributed by atoms with Crippen LogP contribution in [0.2, 0.25) is 0 Å². The van der Waals surface area contributed by atoms with Crippen LogP contribution in [0.5, 0.6) is 0 Å². The number of hydrogen-bond acceptors (Lipinski definition) is 4. The van der Waals surface area contributed by atoms with E-state index in [1.807, 2.05) is 7.05 Å². The van der Waals surface area contributed by atoms with Crippen LogP contribution < -0.4 is 10.5 Å². The van der Waals surface area contributed by atoms with E-state index in [9.17, 15) is 8.42 Å². The van der Waals surface area contributed by atoms with Gasteiger partial charge in [-0.2, -0.15) is 0 Å². The number of nitrogens with two attached hydrogens (primary N) is 1. The Kier molecular flexibility index (Phi) is 4.13. The monoisotopic (exact) mass is 283 g/mol. The van der Waals surface area contributed by atoms with E-state index in [0.717, 1.165) is 6.54 Å². The third-order valence-electron chi connectivity index (χ3n) is 3.42. The van der Waals surface area contributed by atoms with Crippen molar-refractivity contribution in [1.29, 1.82) is 0 Å². The Morgan fingerprint density at radius 3 is 2.68 bits per heavy atom. The maximum Gasteiger partial charge on any atom is 0.240 e. The molecular formula is C13H21N3O2S. The molecule has 1 saturated carbocycles. The number of sulfonamides is 1. The van der Waals surface area contributed by atoms with Crippen molar-refractivity contribution in [2.75, 3.05) is 25.9 Å². The van der Waals surface area contributed by atoms with Gasteiger partial charge in [0.2, 0.25) is 10.0 Å². The van der Waals surface area contributed by atoms with Crippen LogP contribution in [0.4, 0.5) is 5.69 Å². The summed E-state index contributed by atoms with van der Waals surface area (Å²) in [6, 6.07) is 5.48. The molecule has 0 amide bonds. The molecule has 2 rings (SSSR count). The van der Waals surface area contributed by atoms with Crippen LogP contribution in [0, 0.1) is 6.92 Å². The molecule has 0 bridgehead atoms. The minimum atomic E-state index is -3.44. The summed E-state index contributed by atoms with van der Waals surface area (Å²) in [5.41, 5.74) is 6.87. The third kappa shape index (κ3) is 3.68. The highest BCUT2D eigenvalue weighted by atomic mass is 32.2. The second-order valence-corrected chi connectivity index (χ2v) is 6.87. The molecule has 106 valence electrons. The van der Waals surface area contributed by atoms with Gasteiger partial charge in [0.15, 0.2) is 0 Å². The van der Waals surface area contributed by atoms with E-state index in [-0.39, 0.29) is 0 Å². The van der Waals surface area contributed by atoms with E-state index in [1.165, 1.54) is 12.8 Å². The molecule has 0 heterocycles. The number of likely N-dealkylation sites (N-methyl/N-ethyl adjacent to an activating group) is 1. The molecule has 0 atom stereocenters. The molecule has 0 saturated heterocycles. The first-order chi connectivity index (χ1) is 8.90. The standard InChI is InChI=1S/C13H21N3O2S/c1-10-9-11(14)3-6-13(10)19(17,18)15-7-8-16(2)12-4-5-12/h3,6,9,12,15H,4-5,7-8,14H2,1-2H3. The number of rotatable bonds is 6. The van der Waals surface area contributed by atoms with E-state index in [0.29, 0.717) is 28.7 Å². The maximum absolute atomic E-state index is 12.2. The van der Waals surface area contributed by atoms with Gasteiger partial charge in [-0.25, -0.2) is 13.1 Å². The smallest absolute Gasteiger partial charge is 0.240 e. The lowest BCUT2D eigenvalue weighted by Crippen LogP contribution is -2.34. The van der Waals surface area contributed by atoms with Crippen LogP contribution in [-0.4, -0.2) is 39.5 Å². The number of hydrogen-bond donors (Lipinski definition) is 2. The molecule has 1 fully saturated rings. The first-order valence-corrected chi connectivity index (χ1v) is 7.94. The van der Waals surface area contributed by atoms with Crippen LogP contribution in [0.25, 0.3) is 0 Å². The Morgan fingerprint density at radius 2 is 2.11 bits per heavy atom. The van der Waals surface area contributed by atoms with Crippen LogP contribution in [0.15, 0.2) is 23.1 Å². The molecule has 3 N–H and O–H groups in total. The Balaban J connectivity index is 1.97. The van der Waals surface area contributed by atoms with Crippen LogP contribution >= 0.6 is 0 Å². The van der Waals surface area contributed by atoms with Gasteiger partial charge in [-0.05, 0) is 50.6 Å². The van der Waals surface area contributed by atoms with Crippen molar-refractivity contribution < 1.29 is 8.42 Å². The quantitative estimate of drug-likeness (QED) is 0.762. The second-order valence-electron chi connectivity index (χ2n) is 5.13. The largest absolute Gasteiger partial charge is 0.399 e. The number of nitrogen functional groups attached to an aromatic ring is 1. The summed E-state index contributed by atoms with van der Waals surface area (Å²) in [5, 5.41) is 0. The first kappa shape index (κ1) is 14.3. The van der Waals surface area contributed by atoms with Gasteiger partial charge in [0.05, 0.1) is 4.90 Å². The number of nitrogens with one attached hydrogen (secondary N) is 1. The van der Waals surface area contributed by atoms with Crippen molar-refractivity contribution in [3.63, 3.8) is 0 Å². The summed E-state index contributed by atoms with van der Waals surface area (Å²) in [6.07, 6.45) is 2.45. The van der Waals surface area contributed by atoms with E-state index < -0.39 is 10.0 Å². The van der Waals surface area contributed by atoms with Gasteiger partial charge in [-0.3, -0.25) is 0 Å². The first-order valence-electron chi connectivity index (χ1n) is 6.46. The van der Waals surface area contributed by atoms with Gasteiger partial charge in [0.25, 0.3) is 0 Å². The Hall–Kier alpha value is -1.11. The third-order valence-corrected chi connectivity index (χ3v) is 5.04. The Bertz CT molecular complexity index is 553. The number of benzene rings is 1. The number of anilines is 1. The summed E-state index contributed by atoms with van der Waals surface area (Å²) in [6.45, 7) is 2.91. The molecular weight excluding hydrogens is 262 g/mol. The molecule has 0 aliphatic heterocycles. The van der Waals surface area contributed by atoms with Crippen molar-refractivity contribution >= 4 is 15.7 Å². The fraction of sp³-hybridized carbons (Fsp3) is 0.538. The normalized spacial score (nSPS) is 15.9. The van der Waals surface area contributed by atoms with Gasteiger partial charge in [0.1, 0.15) is 0 Å². The average molecular weight is 283 g/mol. The van der Waals surface area contributed by atoms with E-state index >= 15 is 0 Å². The predicted molar refractivity (Wildman–Crippen MR) is 76.4 cm³/mol. The van der Waals surface area contributed by atoms with E-state index in [1.54, 1.807) is 25.1 Å². The van der Waals surface area contributed by atoms with Crippen molar-refractivity contribution in [2.24, 2.45) is 0 Å². The number of nitrogens with zero attached hydrogens (tertiary/aromatic N) is 1. The van der Waals surface area contributed by atoms with Gasteiger partial charge in [-0.1, -0.05) is 0 Å².